The van der Waals surface area contributed by atoms with E-state index in [1.54, 1.807) is 5.82 Å². The van der Waals surface area contributed by atoms with Gasteiger partial charge in [0.05, 0.1) is 13.1 Å². The highest BCUT2D eigenvalue weighted by Gasteiger charge is 2.16. The molecule has 206 valence electrons. The Morgan fingerprint density at radius 3 is 1.37 bits per heavy atom. The smallest absolute Gasteiger partial charge is 0.234 e. The van der Waals surface area contributed by atoms with E-state index in [-0.39, 0.29) is 0 Å². The molecule has 2 nitrogen and oxygen atoms in total. The van der Waals surface area contributed by atoms with Crippen LogP contribution in [-0.4, -0.2) is 4.57 Å². The lowest BCUT2D eigenvalue weighted by atomic mass is 10.0. The molecule has 1 aromatic heterocycles. The van der Waals surface area contributed by atoms with Gasteiger partial charge in [0.15, 0.2) is 0 Å². The molecule has 0 N–H and O–H groups in total. The van der Waals surface area contributed by atoms with Crippen LogP contribution in [0.2, 0.25) is 0 Å². The summed E-state index contributed by atoms with van der Waals surface area (Å²) in [4.78, 5) is 0. The first-order chi connectivity index (χ1) is 17.3. The second kappa shape index (κ2) is 24.9. The van der Waals surface area contributed by atoms with Crippen molar-refractivity contribution in [3.63, 3.8) is 0 Å². The zero-order chi connectivity index (χ0) is 25.2. The molecular formula is C33H65N2+. The van der Waals surface area contributed by atoms with Crippen molar-refractivity contribution in [3.8, 4) is 0 Å². The number of unbranched alkanes of at least 4 members (excludes halogenated alkanes) is 21. The Hall–Kier alpha value is -0.790. The van der Waals surface area contributed by atoms with E-state index >= 15 is 0 Å². The van der Waals surface area contributed by atoms with E-state index in [0.29, 0.717) is 0 Å². The average Bonchev–Trinajstić information content (AvgIpc) is 3.25. The molecule has 2 heteroatoms. The molecule has 0 aromatic carbocycles. The van der Waals surface area contributed by atoms with Crippen molar-refractivity contribution in [1.29, 1.82) is 0 Å². The molecule has 0 aliphatic carbocycles. The first-order valence-corrected chi connectivity index (χ1v) is 16.4. The summed E-state index contributed by atoms with van der Waals surface area (Å²) in [5, 5.41) is 0. The molecule has 0 amide bonds. The highest BCUT2D eigenvalue weighted by atomic mass is 15.1. The third-order valence-corrected chi connectivity index (χ3v) is 7.85. The Morgan fingerprint density at radius 2 is 0.886 bits per heavy atom. The summed E-state index contributed by atoms with van der Waals surface area (Å²) in [6.45, 7) is 9.37. The van der Waals surface area contributed by atoms with Crippen LogP contribution in [0, 0.1) is 0 Å². The predicted molar refractivity (Wildman–Crippen MR) is 156 cm³/mol. The van der Waals surface area contributed by atoms with Gasteiger partial charge in [-0.2, -0.15) is 0 Å². The van der Waals surface area contributed by atoms with Crippen molar-refractivity contribution in [1.82, 2.24) is 4.57 Å². The molecule has 0 atom stereocenters. The van der Waals surface area contributed by atoms with Gasteiger partial charge in [-0.1, -0.05) is 143 Å². The van der Waals surface area contributed by atoms with Crippen molar-refractivity contribution in [2.24, 2.45) is 0 Å². The van der Waals surface area contributed by atoms with Gasteiger partial charge in [-0.25, -0.2) is 9.13 Å². The molecule has 1 rings (SSSR count). The minimum atomic E-state index is 1.22. The average molecular weight is 490 g/mol. The van der Waals surface area contributed by atoms with Gasteiger partial charge in [-0.15, -0.1) is 0 Å². The fraction of sp³-hybridized carbons (Fsp3) is 0.909. The number of hydrogen-bond acceptors (Lipinski definition) is 0. The van der Waals surface area contributed by atoms with E-state index in [9.17, 15) is 0 Å². The molecule has 35 heavy (non-hydrogen) atoms. The van der Waals surface area contributed by atoms with Crippen molar-refractivity contribution in [2.45, 2.75) is 194 Å². The number of hydrogen-bond donors (Lipinski definition) is 0. The van der Waals surface area contributed by atoms with Crippen molar-refractivity contribution < 1.29 is 4.57 Å². The quantitative estimate of drug-likeness (QED) is 0.0858. The lowest BCUT2D eigenvalue weighted by molar-refractivity contribution is -0.704. The fourth-order valence-corrected chi connectivity index (χ4v) is 5.44. The minimum absolute atomic E-state index is 1.22. The van der Waals surface area contributed by atoms with Crippen LogP contribution in [0.1, 0.15) is 181 Å². The SMILES string of the molecule is CCCCCCCCCCCCCCC[n+]1ccn(CCCCCC)c1CCCCCCCCC. The van der Waals surface area contributed by atoms with Gasteiger partial charge in [0.1, 0.15) is 12.4 Å². The summed E-state index contributed by atoms with van der Waals surface area (Å²) in [6.07, 6.45) is 40.0. The largest absolute Gasteiger partial charge is 0.256 e. The fourth-order valence-electron chi connectivity index (χ4n) is 5.44. The number of aromatic nitrogens is 2. The van der Waals surface area contributed by atoms with Gasteiger partial charge in [0.2, 0.25) is 0 Å². The normalized spacial score (nSPS) is 11.5. The molecule has 0 saturated carbocycles. The number of rotatable bonds is 27. The van der Waals surface area contributed by atoms with Gasteiger partial charge >= 0.3 is 0 Å². The molecule has 0 saturated heterocycles. The monoisotopic (exact) mass is 490 g/mol. The van der Waals surface area contributed by atoms with Gasteiger partial charge in [-0.05, 0) is 32.1 Å². The van der Waals surface area contributed by atoms with E-state index in [1.807, 2.05) is 0 Å². The summed E-state index contributed by atoms with van der Waals surface area (Å²) in [6, 6.07) is 0. The Kier molecular flexibility index (Phi) is 22.9. The van der Waals surface area contributed by atoms with E-state index in [4.69, 9.17) is 0 Å². The van der Waals surface area contributed by atoms with E-state index in [2.05, 4.69) is 42.3 Å². The number of imidazole rings is 1. The van der Waals surface area contributed by atoms with E-state index in [1.165, 1.54) is 174 Å². The van der Waals surface area contributed by atoms with Crippen LogP contribution in [-0.2, 0) is 19.5 Å². The molecule has 0 spiro atoms. The van der Waals surface area contributed by atoms with Crippen LogP contribution in [0.15, 0.2) is 12.4 Å². The molecule has 0 aliphatic rings. The first kappa shape index (κ1) is 32.2. The maximum Gasteiger partial charge on any atom is 0.256 e. The van der Waals surface area contributed by atoms with Gasteiger partial charge < -0.3 is 0 Å². The summed E-state index contributed by atoms with van der Waals surface area (Å²) in [5.41, 5.74) is 0. The summed E-state index contributed by atoms with van der Waals surface area (Å²) in [7, 11) is 0. The Balaban J connectivity index is 2.23. The zero-order valence-electron chi connectivity index (χ0n) is 24.6. The Bertz CT molecular complexity index is 547. The topological polar surface area (TPSA) is 8.81 Å². The van der Waals surface area contributed by atoms with Gasteiger partial charge in [-0.3, -0.25) is 0 Å². The molecule has 1 heterocycles. The Morgan fingerprint density at radius 1 is 0.486 bits per heavy atom. The highest BCUT2D eigenvalue weighted by Crippen LogP contribution is 2.14. The maximum absolute atomic E-state index is 2.61. The second-order valence-corrected chi connectivity index (χ2v) is 11.3. The van der Waals surface area contributed by atoms with E-state index < -0.39 is 0 Å². The molecular weight excluding hydrogens is 424 g/mol. The van der Waals surface area contributed by atoms with Crippen LogP contribution in [0.25, 0.3) is 0 Å². The van der Waals surface area contributed by atoms with Crippen molar-refractivity contribution in [3.05, 3.63) is 18.2 Å². The summed E-state index contributed by atoms with van der Waals surface area (Å²) in [5.74, 6) is 1.61. The van der Waals surface area contributed by atoms with Crippen molar-refractivity contribution >= 4 is 0 Å². The van der Waals surface area contributed by atoms with Crippen LogP contribution < -0.4 is 4.57 Å². The minimum Gasteiger partial charge on any atom is -0.234 e. The van der Waals surface area contributed by atoms with Crippen molar-refractivity contribution in [2.75, 3.05) is 0 Å². The van der Waals surface area contributed by atoms with Crippen LogP contribution in [0.5, 0.6) is 0 Å². The van der Waals surface area contributed by atoms with Gasteiger partial charge in [0, 0.05) is 6.42 Å². The molecule has 0 bridgehead atoms. The molecule has 1 aromatic rings. The van der Waals surface area contributed by atoms with E-state index in [0.717, 1.165) is 0 Å². The highest BCUT2D eigenvalue weighted by molar-refractivity contribution is 4.84. The molecule has 0 fully saturated rings. The second-order valence-electron chi connectivity index (χ2n) is 11.3. The number of nitrogens with zero attached hydrogens (tertiary/aromatic N) is 2. The van der Waals surface area contributed by atoms with Gasteiger partial charge in [0.25, 0.3) is 5.82 Å². The van der Waals surface area contributed by atoms with Crippen LogP contribution in [0.3, 0.4) is 0 Å². The van der Waals surface area contributed by atoms with Crippen LogP contribution in [0.4, 0.5) is 0 Å². The molecule has 0 aliphatic heterocycles. The van der Waals surface area contributed by atoms with Crippen LogP contribution >= 0.6 is 0 Å². The Labute approximate surface area is 221 Å². The summed E-state index contributed by atoms with van der Waals surface area (Å²) >= 11 is 0. The lowest BCUT2D eigenvalue weighted by Gasteiger charge is -2.07. The zero-order valence-corrected chi connectivity index (χ0v) is 24.6. The molecule has 0 unspecified atom stereocenters. The maximum atomic E-state index is 2.61. The third-order valence-electron chi connectivity index (χ3n) is 7.85. The number of aryl methyl sites for hydroxylation is 2. The summed E-state index contributed by atoms with van der Waals surface area (Å²) < 4.78 is 5.20. The predicted octanol–water partition coefficient (Wildman–Crippen LogP) is 10.7. The third kappa shape index (κ3) is 18.2. The standard InChI is InChI=1S/C33H65N2/c1-4-7-10-13-15-16-17-18-19-20-22-24-27-30-35-32-31-34(29-26-12-9-6-3)33(35)28-25-23-21-14-11-8-5-2/h31-32H,4-30H2,1-3H3/q+1. The molecule has 0 radical (unpaired) electrons. The lowest BCUT2D eigenvalue weighted by Crippen LogP contribution is -2.37. The first-order valence-electron chi connectivity index (χ1n) is 16.4.